The standard InChI is InChI=1S/C7H6F2N2O2/c8-5(9)7(1-2-7)6-10-4(3-12)11-13-6/h3,5H,1-2H2. The first kappa shape index (κ1) is 8.28. The Morgan fingerprint density at radius 1 is 1.54 bits per heavy atom. The molecule has 1 saturated carbocycles. The summed E-state index contributed by atoms with van der Waals surface area (Å²) in [5, 5.41) is 3.24. The van der Waals surface area contributed by atoms with Gasteiger partial charge in [-0.05, 0) is 12.8 Å². The molecule has 0 amide bonds. The number of carbonyl (C=O) groups excluding carboxylic acids is 1. The molecule has 0 spiro atoms. The topological polar surface area (TPSA) is 56.0 Å². The Labute approximate surface area is 71.9 Å². The predicted octanol–water partition coefficient (Wildman–Crippen LogP) is 1.18. The Morgan fingerprint density at radius 2 is 2.23 bits per heavy atom. The molecule has 0 bridgehead atoms. The lowest BCUT2D eigenvalue weighted by atomic mass is 10.1. The first-order valence-electron chi connectivity index (χ1n) is 3.76. The molecule has 1 aromatic rings. The Bertz CT molecular complexity index is 333. The lowest BCUT2D eigenvalue weighted by molar-refractivity contribution is 0.0847. The fourth-order valence-electron chi connectivity index (χ4n) is 1.15. The molecule has 0 unspecified atom stereocenters. The normalized spacial score (nSPS) is 19.0. The highest BCUT2D eigenvalue weighted by molar-refractivity contribution is 5.68. The number of carbonyl (C=O) groups is 1. The van der Waals surface area contributed by atoms with Crippen molar-refractivity contribution >= 4 is 6.29 Å². The van der Waals surface area contributed by atoms with Gasteiger partial charge in [0.1, 0.15) is 5.41 Å². The van der Waals surface area contributed by atoms with E-state index in [4.69, 9.17) is 0 Å². The van der Waals surface area contributed by atoms with Crippen LogP contribution in [0.3, 0.4) is 0 Å². The van der Waals surface area contributed by atoms with Gasteiger partial charge in [0.05, 0.1) is 0 Å². The Morgan fingerprint density at radius 3 is 2.62 bits per heavy atom. The summed E-state index contributed by atoms with van der Waals surface area (Å²) >= 11 is 0. The van der Waals surface area contributed by atoms with Crippen LogP contribution in [0, 0.1) is 0 Å². The monoisotopic (exact) mass is 188 g/mol. The number of aromatic nitrogens is 2. The van der Waals surface area contributed by atoms with Crippen LogP contribution in [-0.2, 0) is 5.41 Å². The molecular weight excluding hydrogens is 182 g/mol. The van der Waals surface area contributed by atoms with Gasteiger partial charge in [0.2, 0.25) is 11.7 Å². The number of aldehydes is 1. The molecule has 1 heterocycles. The molecule has 6 heteroatoms. The average molecular weight is 188 g/mol. The van der Waals surface area contributed by atoms with Crippen LogP contribution >= 0.6 is 0 Å². The molecule has 0 radical (unpaired) electrons. The lowest BCUT2D eigenvalue weighted by Gasteiger charge is -2.06. The maximum atomic E-state index is 12.5. The largest absolute Gasteiger partial charge is 0.338 e. The van der Waals surface area contributed by atoms with E-state index in [9.17, 15) is 13.6 Å². The van der Waals surface area contributed by atoms with Crippen molar-refractivity contribution in [2.75, 3.05) is 0 Å². The highest BCUT2D eigenvalue weighted by atomic mass is 19.3. The van der Waals surface area contributed by atoms with Crippen LogP contribution in [-0.4, -0.2) is 22.9 Å². The van der Waals surface area contributed by atoms with Crippen molar-refractivity contribution in [1.82, 2.24) is 10.1 Å². The van der Waals surface area contributed by atoms with Gasteiger partial charge in [-0.15, -0.1) is 0 Å². The molecule has 4 nitrogen and oxygen atoms in total. The van der Waals surface area contributed by atoms with Crippen molar-refractivity contribution in [3.05, 3.63) is 11.7 Å². The molecule has 1 aromatic heterocycles. The predicted molar refractivity (Wildman–Crippen MR) is 36.6 cm³/mol. The van der Waals surface area contributed by atoms with Gasteiger partial charge in [0.25, 0.3) is 6.43 Å². The summed E-state index contributed by atoms with van der Waals surface area (Å²) in [4.78, 5) is 13.7. The van der Waals surface area contributed by atoms with E-state index in [-0.39, 0.29) is 11.7 Å². The second kappa shape index (κ2) is 2.58. The Hall–Kier alpha value is -1.33. The smallest absolute Gasteiger partial charge is 0.252 e. The molecule has 0 aromatic carbocycles. The van der Waals surface area contributed by atoms with Gasteiger partial charge < -0.3 is 4.52 Å². The van der Waals surface area contributed by atoms with E-state index in [2.05, 4.69) is 14.7 Å². The van der Waals surface area contributed by atoms with Crippen LogP contribution in [0.15, 0.2) is 4.52 Å². The number of nitrogens with zero attached hydrogens (tertiary/aromatic N) is 2. The minimum atomic E-state index is -2.51. The fourth-order valence-corrected chi connectivity index (χ4v) is 1.15. The summed E-state index contributed by atoms with van der Waals surface area (Å²) in [6.07, 6.45) is -1.46. The molecule has 1 aliphatic rings. The summed E-state index contributed by atoms with van der Waals surface area (Å²) in [6, 6.07) is 0. The van der Waals surface area contributed by atoms with E-state index in [1.807, 2.05) is 0 Å². The third-order valence-electron chi connectivity index (χ3n) is 2.18. The maximum Gasteiger partial charge on any atom is 0.252 e. The number of halogens is 2. The molecule has 0 atom stereocenters. The zero-order valence-electron chi connectivity index (χ0n) is 6.54. The second-order valence-electron chi connectivity index (χ2n) is 3.03. The Balaban J connectivity index is 2.30. The van der Waals surface area contributed by atoms with E-state index in [0.717, 1.165) is 0 Å². The van der Waals surface area contributed by atoms with E-state index in [0.29, 0.717) is 19.1 Å². The first-order valence-corrected chi connectivity index (χ1v) is 3.76. The molecule has 1 aliphatic carbocycles. The third-order valence-corrected chi connectivity index (χ3v) is 2.18. The second-order valence-corrected chi connectivity index (χ2v) is 3.03. The van der Waals surface area contributed by atoms with Crippen LogP contribution < -0.4 is 0 Å². The van der Waals surface area contributed by atoms with Crippen molar-refractivity contribution in [3.63, 3.8) is 0 Å². The van der Waals surface area contributed by atoms with Gasteiger partial charge in [-0.2, -0.15) is 4.98 Å². The summed E-state index contributed by atoms with van der Waals surface area (Å²) in [7, 11) is 0. The molecule has 0 saturated heterocycles. The molecule has 70 valence electrons. The van der Waals surface area contributed by atoms with Crippen molar-refractivity contribution < 1.29 is 18.1 Å². The molecule has 0 N–H and O–H groups in total. The summed E-state index contributed by atoms with van der Waals surface area (Å²) < 4.78 is 29.5. The van der Waals surface area contributed by atoms with E-state index >= 15 is 0 Å². The van der Waals surface area contributed by atoms with E-state index in [1.54, 1.807) is 0 Å². The molecule has 13 heavy (non-hydrogen) atoms. The van der Waals surface area contributed by atoms with Crippen molar-refractivity contribution in [3.8, 4) is 0 Å². The van der Waals surface area contributed by atoms with Gasteiger partial charge in [0.15, 0.2) is 6.29 Å². The maximum absolute atomic E-state index is 12.5. The summed E-state index contributed by atoms with van der Waals surface area (Å²) in [6.45, 7) is 0. The number of alkyl halides is 2. The zero-order valence-corrected chi connectivity index (χ0v) is 6.54. The third kappa shape index (κ3) is 1.13. The summed E-state index contributed by atoms with van der Waals surface area (Å²) in [5.41, 5.74) is -1.27. The van der Waals surface area contributed by atoms with Crippen molar-refractivity contribution in [2.45, 2.75) is 24.7 Å². The van der Waals surface area contributed by atoms with Crippen molar-refractivity contribution in [1.29, 1.82) is 0 Å². The first-order chi connectivity index (χ1) is 6.19. The Kier molecular flexibility index (Phi) is 1.64. The highest BCUT2D eigenvalue weighted by Gasteiger charge is 2.57. The average Bonchev–Trinajstić information content (AvgIpc) is 2.79. The molecule has 0 aliphatic heterocycles. The van der Waals surface area contributed by atoms with Crippen molar-refractivity contribution in [2.24, 2.45) is 0 Å². The SMILES string of the molecule is O=Cc1noc(C2(C(F)F)CC2)n1. The highest BCUT2D eigenvalue weighted by Crippen LogP contribution is 2.51. The number of rotatable bonds is 3. The van der Waals surface area contributed by atoms with Crippen LogP contribution in [0.25, 0.3) is 0 Å². The van der Waals surface area contributed by atoms with Gasteiger partial charge in [-0.3, -0.25) is 4.79 Å². The number of hydrogen-bond donors (Lipinski definition) is 0. The van der Waals surface area contributed by atoms with Gasteiger partial charge in [-0.25, -0.2) is 8.78 Å². The lowest BCUT2D eigenvalue weighted by Crippen LogP contribution is -2.17. The van der Waals surface area contributed by atoms with Gasteiger partial charge in [-0.1, -0.05) is 5.16 Å². The molecule has 2 rings (SSSR count). The van der Waals surface area contributed by atoms with Crippen LogP contribution in [0.2, 0.25) is 0 Å². The zero-order chi connectivity index (χ0) is 9.47. The molecular formula is C7H6F2N2O2. The van der Waals surface area contributed by atoms with E-state index in [1.165, 1.54) is 0 Å². The van der Waals surface area contributed by atoms with Gasteiger partial charge >= 0.3 is 0 Å². The fraction of sp³-hybridized carbons (Fsp3) is 0.571. The number of hydrogen-bond acceptors (Lipinski definition) is 4. The van der Waals surface area contributed by atoms with E-state index < -0.39 is 11.8 Å². The minimum absolute atomic E-state index is 0.121. The van der Waals surface area contributed by atoms with Gasteiger partial charge in [0, 0.05) is 0 Å². The van der Waals surface area contributed by atoms with Crippen LogP contribution in [0.5, 0.6) is 0 Å². The molecule has 1 fully saturated rings. The summed E-state index contributed by atoms with van der Waals surface area (Å²) in [5.74, 6) is -0.300. The quantitative estimate of drug-likeness (QED) is 0.668. The van der Waals surface area contributed by atoms with Crippen LogP contribution in [0.4, 0.5) is 8.78 Å². The minimum Gasteiger partial charge on any atom is -0.338 e. The van der Waals surface area contributed by atoms with Crippen LogP contribution in [0.1, 0.15) is 29.4 Å².